The molecule has 0 aromatic rings. The van der Waals surface area contributed by atoms with Crippen LogP contribution in [0.4, 0.5) is 0 Å². The highest BCUT2D eigenvalue weighted by Gasteiger charge is 2.08. The summed E-state index contributed by atoms with van der Waals surface area (Å²) in [7, 11) is 0. The van der Waals surface area contributed by atoms with Crippen LogP contribution in [0.25, 0.3) is 0 Å². The minimum absolute atomic E-state index is 0.322. The van der Waals surface area contributed by atoms with E-state index in [4.69, 9.17) is 5.11 Å². The highest BCUT2D eigenvalue weighted by molar-refractivity contribution is 5.34. The largest absolute Gasteiger partial charge is 0.508 e. The first kappa shape index (κ1) is 6.28. The number of allylic oxidation sites excluding steroid dienone is 4. The Morgan fingerprint density at radius 3 is 3.18 bits per heavy atom. The zero-order valence-electron chi connectivity index (χ0n) is 6.07. The smallest absolute Gasteiger partial charge is 0.119 e. The highest BCUT2D eigenvalue weighted by atomic mass is 16.3. The second kappa shape index (κ2) is 2.31. The number of rotatable bonds is 0. The predicted octanol–water partition coefficient (Wildman–Crippen LogP) is 2.06. The van der Waals surface area contributed by atoms with Crippen LogP contribution in [0.15, 0.2) is 48.2 Å². The highest BCUT2D eigenvalue weighted by Crippen LogP contribution is 2.19. The summed E-state index contributed by atoms with van der Waals surface area (Å²) in [5.74, 6) is 0.322. The standard InChI is InChI=1S/C9H9NO/c11-9-4-6-10-5-2-1-3-8(10)7-9/h2-7,11H,1H2. The molecule has 0 fully saturated rings. The van der Waals surface area contributed by atoms with Gasteiger partial charge >= 0.3 is 0 Å². The van der Waals surface area contributed by atoms with Crippen molar-refractivity contribution in [3.05, 3.63) is 48.2 Å². The van der Waals surface area contributed by atoms with Gasteiger partial charge in [0.2, 0.25) is 0 Å². The monoisotopic (exact) mass is 147 g/mol. The van der Waals surface area contributed by atoms with Gasteiger partial charge in [-0.15, -0.1) is 0 Å². The van der Waals surface area contributed by atoms with Crippen LogP contribution in [-0.2, 0) is 0 Å². The van der Waals surface area contributed by atoms with Crippen molar-refractivity contribution >= 4 is 0 Å². The van der Waals surface area contributed by atoms with Crippen LogP contribution < -0.4 is 0 Å². The topological polar surface area (TPSA) is 23.5 Å². The van der Waals surface area contributed by atoms with Crippen molar-refractivity contribution in [2.24, 2.45) is 0 Å². The van der Waals surface area contributed by atoms with Crippen LogP contribution in [0.1, 0.15) is 6.42 Å². The summed E-state index contributed by atoms with van der Waals surface area (Å²) in [4.78, 5) is 1.98. The van der Waals surface area contributed by atoms with Gasteiger partial charge in [0, 0.05) is 24.2 Å². The average Bonchev–Trinajstić information content (AvgIpc) is 2.04. The average molecular weight is 147 g/mol. The molecule has 0 radical (unpaired) electrons. The van der Waals surface area contributed by atoms with Crippen LogP contribution in [-0.4, -0.2) is 10.0 Å². The Kier molecular flexibility index (Phi) is 1.32. The maximum atomic E-state index is 9.13. The fourth-order valence-electron chi connectivity index (χ4n) is 1.18. The van der Waals surface area contributed by atoms with Crippen LogP contribution in [0.2, 0.25) is 0 Å². The molecule has 0 saturated heterocycles. The van der Waals surface area contributed by atoms with Crippen molar-refractivity contribution in [1.29, 1.82) is 0 Å². The number of aliphatic hydroxyl groups is 1. The molecule has 0 bridgehead atoms. The summed E-state index contributed by atoms with van der Waals surface area (Å²) in [6.45, 7) is 0. The van der Waals surface area contributed by atoms with E-state index < -0.39 is 0 Å². The Morgan fingerprint density at radius 2 is 2.27 bits per heavy atom. The van der Waals surface area contributed by atoms with Crippen molar-refractivity contribution in [3.8, 4) is 0 Å². The van der Waals surface area contributed by atoms with Gasteiger partial charge in [-0.1, -0.05) is 12.2 Å². The third-order valence-electron chi connectivity index (χ3n) is 1.73. The molecule has 0 saturated carbocycles. The van der Waals surface area contributed by atoms with Gasteiger partial charge in [-0.25, -0.2) is 0 Å². The number of aliphatic hydroxyl groups excluding tert-OH is 1. The molecule has 0 aromatic heterocycles. The molecular weight excluding hydrogens is 138 g/mol. The van der Waals surface area contributed by atoms with Crippen LogP contribution in [0.3, 0.4) is 0 Å². The number of fused-ring (bicyclic) bond motifs is 1. The number of nitrogens with zero attached hydrogens (tertiary/aromatic N) is 1. The second-order valence-corrected chi connectivity index (χ2v) is 2.54. The molecule has 2 aliphatic rings. The summed E-state index contributed by atoms with van der Waals surface area (Å²) in [5.41, 5.74) is 1.05. The molecule has 0 aliphatic carbocycles. The molecule has 2 rings (SSSR count). The zero-order chi connectivity index (χ0) is 7.68. The van der Waals surface area contributed by atoms with E-state index in [1.807, 2.05) is 17.3 Å². The normalized spacial score (nSPS) is 20.9. The first-order valence-electron chi connectivity index (χ1n) is 3.60. The number of hydrogen-bond acceptors (Lipinski definition) is 2. The molecule has 0 aromatic carbocycles. The van der Waals surface area contributed by atoms with E-state index in [-0.39, 0.29) is 0 Å². The first-order chi connectivity index (χ1) is 5.36. The molecular formula is C9H9NO. The maximum absolute atomic E-state index is 9.13. The van der Waals surface area contributed by atoms with E-state index in [9.17, 15) is 0 Å². The molecule has 0 unspecified atom stereocenters. The van der Waals surface area contributed by atoms with E-state index in [1.165, 1.54) is 0 Å². The van der Waals surface area contributed by atoms with Crippen molar-refractivity contribution in [3.63, 3.8) is 0 Å². The van der Waals surface area contributed by atoms with Crippen LogP contribution >= 0.6 is 0 Å². The minimum atomic E-state index is 0.322. The molecule has 0 spiro atoms. The van der Waals surface area contributed by atoms with Gasteiger partial charge in [-0.3, -0.25) is 0 Å². The predicted molar refractivity (Wildman–Crippen MR) is 43.5 cm³/mol. The Morgan fingerprint density at radius 1 is 1.36 bits per heavy atom. The van der Waals surface area contributed by atoms with E-state index in [0.29, 0.717) is 5.76 Å². The fraction of sp³-hybridized carbons (Fsp3) is 0.111. The summed E-state index contributed by atoms with van der Waals surface area (Å²) in [6, 6.07) is 0. The maximum Gasteiger partial charge on any atom is 0.119 e. The SMILES string of the molecule is OC1=CC2=CCC=CN2C=C1. The molecule has 2 heterocycles. The Balaban J connectivity index is 2.34. The lowest BCUT2D eigenvalue weighted by atomic mass is 10.2. The molecule has 2 aliphatic heterocycles. The third kappa shape index (κ3) is 1.07. The van der Waals surface area contributed by atoms with Crippen LogP contribution in [0.5, 0.6) is 0 Å². The van der Waals surface area contributed by atoms with E-state index >= 15 is 0 Å². The van der Waals surface area contributed by atoms with Gasteiger partial charge in [-0.05, 0) is 12.5 Å². The van der Waals surface area contributed by atoms with Gasteiger partial charge in [0.1, 0.15) is 5.76 Å². The van der Waals surface area contributed by atoms with Crippen molar-refractivity contribution < 1.29 is 5.11 Å². The zero-order valence-corrected chi connectivity index (χ0v) is 6.07. The van der Waals surface area contributed by atoms with Gasteiger partial charge in [0.15, 0.2) is 0 Å². The first-order valence-corrected chi connectivity index (χ1v) is 3.60. The lowest BCUT2D eigenvalue weighted by molar-refractivity contribution is 0.422. The van der Waals surface area contributed by atoms with Crippen LogP contribution in [0, 0.1) is 0 Å². The lowest BCUT2D eigenvalue weighted by Gasteiger charge is -2.22. The Bertz CT molecular complexity index is 284. The van der Waals surface area contributed by atoms with Gasteiger partial charge < -0.3 is 10.0 Å². The van der Waals surface area contributed by atoms with Crippen molar-refractivity contribution in [2.45, 2.75) is 6.42 Å². The number of hydrogen-bond donors (Lipinski definition) is 1. The Hall–Kier alpha value is -1.44. The lowest BCUT2D eigenvalue weighted by Crippen LogP contribution is -2.12. The fourth-order valence-corrected chi connectivity index (χ4v) is 1.18. The summed E-state index contributed by atoms with van der Waals surface area (Å²) < 4.78 is 0. The summed E-state index contributed by atoms with van der Waals surface area (Å²) in [6.07, 6.45) is 12.4. The molecule has 0 atom stereocenters. The summed E-state index contributed by atoms with van der Waals surface area (Å²) in [5, 5.41) is 9.13. The van der Waals surface area contributed by atoms with E-state index in [2.05, 4.69) is 12.2 Å². The third-order valence-corrected chi connectivity index (χ3v) is 1.73. The summed E-state index contributed by atoms with van der Waals surface area (Å²) >= 11 is 0. The Labute approximate surface area is 65.4 Å². The van der Waals surface area contributed by atoms with Gasteiger partial charge in [0.25, 0.3) is 0 Å². The minimum Gasteiger partial charge on any atom is -0.508 e. The molecule has 2 nitrogen and oxygen atoms in total. The molecule has 56 valence electrons. The van der Waals surface area contributed by atoms with Crippen molar-refractivity contribution in [2.75, 3.05) is 0 Å². The molecule has 1 N–H and O–H groups in total. The van der Waals surface area contributed by atoms with Crippen molar-refractivity contribution in [1.82, 2.24) is 4.90 Å². The van der Waals surface area contributed by atoms with Gasteiger partial charge in [-0.2, -0.15) is 0 Å². The molecule has 11 heavy (non-hydrogen) atoms. The van der Waals surface area contributed by atoms with E-state index in [0.717, 1.165) is 12.1 Å². The second-order valence-electron chi connectivity index (χ2n) is 2.54. The van der Waals surface area contributed by atoms with E-state index in [1.54, 1.807) is 12.2 Å². The van der Waals surface area contributed by atoms with Gasteiger partial charge in [0.05, 0.1) is 0 Å². The molecule has 2 heteroatoms. The molecule has 0 amide bonds. The quantitative estimate of drug-likeness (QED) is 0.567.